The summed E-state index contributed by atoms with van der Waals surface area (Å²) in [4.78, 5) is 47.4. The van der Waals surface area contributed by atoms with Gasteiger partial charge in [0.2, 0.25) is 0 Å². The van der Waals surface area contributed by atoms with Crippen LogP contribution in [0.25, 0.3) is 10.9 Å². The molecule has 1 fully saturated rings. The summed E-state index contributed by atoms with van der Waals surface area (Å²) in [5.41, 5.74) is 6.87. The number of aromatic amines is 1. The van der Waals surface area contributed by atoms with Crippen LogP contribution in [-0.2, 0) is 17.8 Å². The van der Waals surface area contributed by atoms with Gasteiger partial charge in [-0.2, -0.15) is 0 Å². The Morgan fingerprint density at radius 1 is 0.930 bits per heavy atom. The number of imide groups is 1. The van der Waals surface area contributed by atoms with Crippen LogP contribution in [-0.4, -0.2) is 40.9 Å². The third-order valence-corrected chi connectivity index (χ3v) is 8.44. The summed E-state index contributed by atoms with van der Waals surface area (Å²) in [5.74, 6) is 0.234. The maximum atomic E-state index is 14.1. The first-order valence-electron chi connectivity index (χ1n) is 14.3. The van der Waals surface area contributed by atoms with Crippen molar-refractivity contribution in [2.24, 2.45) is 0 Å². The lowest BCUT2D eigenvalue weighted by Crippen LogP contribution is -2.44. The van der Waals surface area contributed by atoms with Gasteiger partial charge in [-0.25, -0.2) is 9.69 Å². The van der Waals surface area contributed by atoms with E-state index in [0.29, 0.717) is 24.2 Å². The molecule has 0 spiro atoms. The predicted octanol–water partition coefficient (Wildman–Crippen LogP) is 5.90. The van der Waals surface area contributed by atoms with Crippen LogP contribution < -0.4 is 15.0 Å². The molecule has 4 amide bonds. The first kappa shape index (κ1) is 26.5. The summed E-state index contributed by atoms with van der Waals surface area (Å²) < 4.78 is 5.18. The van der Waals surface area contributed by atoms with E-state index in [9.17, 15) is 14.4 Å². The van der Waals surface area contributed by atoms with Crippen molar-refractivity contribution in [1.82, 2.24) is 15.2 Å². The highest BCUT2D eigenvalue weighted by molar-refractivity contribution is 6.22. The second kappa shape index (κ2) is 10.5. The van der Waals surface area contributed by atoms with E-state index >= 15 is 0 Å². The van der Waals surface area contributed by atoms with Crippen LogP contribution in [0.4, 0.5) is 10.5 Å². The van der Waals surface area contributed by atoms with Gasteiger partial charge < -0.3 is 15.0 Å². The third-order valence-electron chi connectivity index (χ3n) is 8.44. The Balaban J connectivity index is 1.17. The first-order valence-corrected chi connectivity index (χ1v) is 14.3. The molecule has 0 radical (unpaired) electrons. The predicted molar refractivity (Wildman–Crippen MR) is 164 cm³/mol. The highest BCUT2D eigenvalue weighted by Crippen LogP contribution is 2.44. The van der Waals surface area contributed by atoms with E-state index in [4.69, 9.17) is 4.74 Å². The molecule has 1 aromatic heterocycles. The van der Waals surface area contributed by atoms with Crippen LogP contribution in [0.15, 0.2) is 97.1 Å². The molecule has 2 aliphatic rings. The number of para-hydroxylation sites is 1. The number of amides is 4. The second-order valence-electron chi connectivity index (χ2n) is 11.0. The lowest BCUT2D eigenvalue weighted by atomic mass is 9.88. The van der Waals surface area contributed by atoms with Crippen molar-refractivity contribution in [3.8, 4) is 5.75 Å². The van der Waals surface area contributed by atoms with Crippen LogP contribution in [0.3, 0.4) is 0 Å². The zero-order valence-electron chi connectivity index (χ0n) is 23.8. The molecule has 8 nitrogen and oxygen atoms in total. The fourth-order valence-electron chi connectivity index (χ4n) is 6.20. The van der Waals surface area contributed by atoms with E-state index in [0.717, 1.165) is 44.6 Å². The van der Waals surface area contributed by atoms with Crippen molar-refractivity contribution in [3.63, 3.8) is 0 Å². The van der Waals surface area contributed by atoms with Gasteiger partial charge in [-0.15, -0.1) is 0 Å². The van der Waals surface area contributed by atoms with Crippen molar-refractivity contribution >= 4 is 34.4 Å². The Bertz CT molecular complexity index is 1860. The molecule has 3 heterocycles. The van der Waals surface area contributed by atoms with Gasteiger partial charge >= 0.3 is 6.03 Å². The van der Waals surface area contributed by atoms with Gasteiger partial charge in [0, 0.05) is 35.1 Å². The van der Waals surface area contributed by atoms with E-state index in [1.807, 2.05) is 73.7 Å². The number of methoxy groups -OCH3 is 1. The third kappa shape index (κ3) is 4.52. The molecule has 0 saturated carbocycles. The van der Waals surface area contributed by atoms with Gasteiger partial charge in [-0.3, -0.25) is 14.5 Å². The smallest absolute Gasteiger partial charge is 0.332 e. The maximum absolute atomic E-state index is 14.1. The number of fused-ring (bicyclic) bond motifs is 4. The molecule has 2 N–H and O–H groups in total. The molecule has 7 rings (SSSR count). The molecule has 2 atom stereocenters. The number of benzene rings is 4. The van der Waals surface area contributed by atoms with Gasteiger partial charge in [0.05, 0.1) is 12.8 Å². The zero-order chi connectivity index (χ0) is 29.7. The van der Waals surface area contributed by atoms with Crippen LogP contribution in [0.1, 0.15) is 44.3 Å². The number of H-pyrrole nitrogens is 1. The highest BCUT2D eigenvalue weighted by atomic mass is 16.5. The SMILES string of the molecule is COc1ccc(CNC(=O)c2ccc(N3C(=O)C4Cc5c([nH]c6ccccc56)C(c5ccc(C)cc5)N4C3=O)cc2)cc1. The molecule has 1 saturated heterocycles. The normalized spacial score (nSPS) is 17.6. The molecular formula is C35H30N4O4. The largest absolute Gasteiger partial charge is 0.497 e. The number of carbonyl (C=O) groups excluding carboxylic acids is 3. The Hall–Kier alpha value is -5.37. The van der Waals surface area contributed by atoms with Gasteiger partial charge in [0.25, 0.3) is 11.8 Å². The van der Waals surface area contributed by atoms with Crippen LogP contribution in [0.5, 0.6) is 5.75 Å². The number of hydrogen-bond donors (Lipinski definition) is 2. The second-order valence-corrected chi connectivity index (χ2v) is 11.0. The molecule has 0 aliphatic carbocycles. The number of anilines is 1. The summed E-state index contributed by atoms with van der Waals surface area (Å²) in [5, 5.41) is 3.98. The van der Waals surface area contributed by atoms with E-state index in [2.05, 4.69) is 16.4 Å². The van der Waals surface area contributed by atoms with Crippen LogP contribution >= 0.6 is 0 Å². The number of carbonyl (C=O) groups is 3. The number of ether oxygens (including phenoxy) is 1. The van der Waals surface area contributed by atoms with E-state index in [1.165, 1.54) is 4.90 Å². The Morgan fingerprint density at radius 2 is 1.65 bits per heavy atom. The number of urea groups is 1. The van der Waals surface area contributed by atoms with Crippen molar-refractivity contribution in [3.05, 3.63) is 131 Å². The van der Waals surface area contributed by atoms with Gasteiger partial charge in [0.15, 0.2) is 0 Å². The average Bonchev–Trinajstić information content (AvgIpc) is 3.53. The Kier molecular flexibility index (Phi) is 6.46. The van der Waals surface area contributed by atoms with Crippen LogP contribution in [0.2, 0.25) is 0 Å². The van der Waals surface area contributed by atoms with Crippen molar-refractivity contribution in [2.75, 3.05) is 12.0 Å². The van der Waals surface area contributed by atoms with Crippen molar-refractivity contribution < 1.29 is 19.1 Å². The van der Waals surface area contributed by atoms with Gasteiger partial charge in [-0.1, -0.05) is 60.2 Å². The topological polar surface area (TPSA) is 94.7 Å². The van der Waals surface area contributed by atoms with Crippen molar-refractivity contribution in [2.45, 2.75) is 32.0 Å². The van der Waals surface area contributed by atoms with E-state index in [1.54, 1.807) is 36.3 Å². The minimum Gasteiger partial charge on any atom is -0.497 e. The lowest BCUT2D eigenvalue weighted by molar-refractivity contribution is -0.120. The fourth-order valence-corrected chi connectivity index (χ4v) is 6.20. The van der Waals surface area contributed by atoms with E-state index < -0.39 is 12.1 Å². The van der Waals surface area contributed by atoms with Crippen LogP contribution in [0, 0.1) is 6.92 Å². The maximum Gasteiger partial charge on any atom is 0.332 e. The Morgan fingerprint density at radius 3 is 2.37 bits per heavy atom. The monoisotopic (exact) mass is 570 g/mol. The standard InChI is InChI=1S/C35H30N4O4/c1-21-7-11-23(12-8-21)32-31-28(27-5-3-4-6-29(27)37-31)19-30-34(41)38(35(42)39(30)32)25-15-13-24(14-16-25)33(40)36-20-22-9-17-26(43-2)18-10-22/h3-18,30,32,37H,19-20H2,1-2H3,(H,36,40). The molecular weight excluding hydrogens is 540 g/mol. The number of hydrogen-bond acceptors (Lipinski definition) is 4. The quantitative estimate of drug-likeness (QED) is 0.249. The summed E-state index contributed by atoms with van der Waals surface area (Å²) >= 11 is 0. The lowest BCUT2D eigenvalue weighted by Gasteiger charge is -2.36. The number of rotatable bonds is 6. The minimum absolute atomic E-state index is 0.247. The average molecular weight is 571 g/mol. The Labute approximate surface area is 248 Å². The highest BCUT2D eigenvalue weighted by Gasteiger charge is 2.53. The summed E-state index contributed by atoms with van der Waals surface area (Å²) in [6.07, 6.45) is 0.425. The number of nitrogens with one attached hydrogen (secondary N) is 2. The number of aromatic nitrogens is 1. The summed E-state index contributed by atoms with van der Waals surface area (Å²) in [6, 6.07) is 28.8. The minimum atomic E-state index is -0.641. The molecule has 8 heteroatoms. The molecule has 4 aromatic carbocycles. The fraction of sp³-hybridized carbons (Fsp3) is 0.171. The number of aryl methyl sites for hydroxylation is 1. The molecule has 2 aliphatic heterocycles. The van der Waals surface area contributed by atoms with Gasteiger partial charge in [0.1, 0.15) is 17.8 Å². The number of nitrogens with zero attached hydrogens (tertiary/aromatic N) is 2. The first-order chi connectivity index (χ1) is 20.9. The molecule has 2 unspecified atom stereocenters. The molecule has 0 bridgehead atoms. The molecule has 43 heavy (non-hydrogen) atoms. The van der Waals surface area contributed by atoms with E-state index in [-0.39, 0.29) is 17.8 Å². The van der Waals surface area contributed by atoms with Crippen molar-refractivity contribution in [1.29, 1.82) is 0 Å². The van der Waals surface area contributed by atoms with Gasteiger partial charge in [-0.05, 0) is 66.1 Å². The molecule has 214 valence electrons. The molecule has 5 aromatic rings. The summed E-state index contributed by atoms with van der Waals surface area (Å²) in [7, 11) is 1.61. The summed E-state index contributed by atoms with van der Waals surface area (Å²) in [6.45, 7) is 2.39. The zero-order valence-corrected chi connectivity index (χ0v) is 23.8.